The minimum absolute atomic E-state index is 0.319. The Bertz CT molecular complexity index is 751. The van der Waals surface area contributed by atoms with E-state index >= 15 is 0 Å². The van der Waals surface area contributed by atoms with Crippen LogP contribution in [-0.4, -0.2) is 24.1 Å². The van der Waals surface area contributed by atoms with Gasteiger partial charge in [0.2, 0.25) is 0 Å². The molecule has 2 aromatic carbocycles. The number of oxime groups is 1. The number of hydrogen-bond acceptors (Lipinski definition) is 3. The molecule has 1 aliphatic rings. The van der Waals surface area contributed by atoms with E-state index in [2.05, 4.69) is 76.5 Å². The van der Waals surface area contributed by atoms with E-state index in [0.717, 1.165) is 41.8 Å². The second-order valence-corrected chi connectivity index (χ2v) is 7.62. The molecule has 0 amide bonds. The molecule has 3 nitrogen and oxygen atoms in total. The van der Waals surface area contributed by atoms with Gasteiger partial charge in [-0.1, -0.05) is 57.5 Å². The molecule has 2 aromatic rings. The monoisotopic (exact) mass is 401 g/mol. The third kappa shape index (κ3) is 3.25. The van der Waals surface area contributed by atoms with E-state index in [4.69, 9.17) is 4.74 Å². The molecule has 1 heterocycles. The van der Waals surface area contributed by atoms with Gasteiger partial charge in [0.15, 0.2) is 0 Å². The number of rotatable bonds is 4. The van der Waals surface area contributed by atoms with Gasteiger partial charge in [0.25, 0.3) is 0 Å². The van der Waals surface area contributed by atoms with Crippen molar-refractivity contribution in [1.82, 2.24) is 0 Å². The van der Waals surface area contributed by atoms with Crippen LogP contribution in [0, 0.1) is 12.8 Å². The number of hydrogen-bond donors (Lipinski definition) is 1. The Kier molecular flexibility index (Phi) is 5.60. The topological polar surface area (TPSA) is 41.8 Å². The Morgan fingerprint density at radius 2 is 1.76 bits per heavy atom. The van der Waals surface area contributed by atoms with Crippen LogP contribution in [-0.2, 0) is 10.2 Å². The van der Waals surface area contributed by atoms with Gasteiger partial charge in [0.05, 0.1) is 11.1 Å². The quantitative estimate of drug-likeness (QED) is 0.427. The van der Waals surface area contributed by atoms with Crippen LogP contribution in [0.15, 0.2) is 58.2 Å². The molecule has 1 aliphatic heterocycles. The van der Waals surface area contributed by atoms with Crippen molar-refractivity contribution in [1.29, 1.82) is 0 Å². The summed E-state index contributed by atoms with van der Waals surface area (Å²) in [7, 11) is 0. The second-order valence-electron chi connectivity index (χ2n) is 6.70. The normalized spacial score (nSPS) is 18.8. The van der Waals surface area contributed by atoms with Crippen LogP contribution in [0.1, 0.15) is 36.5 Å². The largest absolute Gasteiger partial charge is 0.411 e. The van der Waals surface area contributed by atoms with Crippen LogP contribution in [0.4, 0.5) is 0 Å². The highest BCUT2D eigenvalue weighted by Crippen LogP contribution is 2.46. The lowest BCUT2D eigenvalue weighted by Crippen LogP contribution is -2.46. The molecule has 0 aromatic heterocycles. The van der Waals surface area contributed by atoms with Crippen molar-refractivity contribution in [2.45, 2.75) is 32.1 Å². The number of aryl methyl sites for hydroxylation is 1. The van der Waals surface area contributed by atoms with Crippen molar-refractivity contribution < 1.29 is 9.94 Å². The van der Waals surface area contributed by atoms with E-state index in [1.807, 2.05) is 6.92 Å². The zero-order valence-corrected chi connectivity index (χ0v) is 16.3. The van der Waals surface area contributed by atoms with Gasteiger partial charge in [0.1, 0.15) is 0 Å². The Morgan fingerprint density at radius 3 is 2.36 bits per heavy atom. The number of halogens is 1. The molecule has 0 radical (unpaired) electrons. The smallest absolute Gasteiger partial charge is 0.0692 e. The molecular formula is C21H24BrNO2. The molecule has 0 spiro atoms. The summed E-state index contributed by atoms with van der Waals surface area (Å²) in [5, 5.41) is 13.5. The van der Waals surface area contributed by atoms with E-state index in [1.54, 1.807) is 0 Å². The van der Waals surface area contributed by atoms with E-state index in [9.17, 15) is 5.21 Å². The molecular weight excluding hydrogens is 378 g/mol. The summed E-state index contributed by atoms with van der Waals surface area (Å²) in [5.41, 5.74) is 3.85. The SMILES string of the molecule is C/C(=N/O)C(c1ccc(Br)cc1)(c1ccccc1C)C1CCOCC1. The van der Waals surface area contributed by atoms with E-state index in [1.165, 1.54) is 11.1 Å². The number of nitrogens with zero attached hydrogens (tertiary/aromatic N) is 1. The molecule has 3 rings (SSSR count). The molecule has 0 aliphatic carbocycles. The summed E-state index contributed by atoms with van der Waals surface area (Å²) < 4.78 is 6.66. The van der Waals surface area contributed by atoms with Gasteiger partial charge in [-0.05, 0) is 61.4 Å². The lowest BCUT2D eigenvalue weighted by atomic mass is 9.60. The highest BCUT2D eigenvalue weighted by atomic mass is 79.9. The average molecular weight is 402 g/mol. The summed E-state index contributed by atoms with van der Waals surface area (Å²) in [6.45, 7) is 5.55. The van der Waals surface area contributed by atoms with Crippen molar-refractivity contribution in [2.75, 3.05) is 13.2 Å². The third-order valence-corrected chi connectivity index (χ3v) is 5.95. The van der Waals surface area contributed by atoms with E-state index in [0.29, 0.717) is 5.92 Å². The van der Waals surface area contributed by atoms with Crippen molar-refractivity contribution in [3.05, 3.63) is 69.7 Å². The minimum atomic E-state index is -0.454. The van der Waals surface area contributed by atoms with Gasteiger partial charge >= 0.3 is 0 Å². The highest BCUT2D eigenvalue weighted by molar-refractivity contribution is 9.10. The fraction of sp³-hybridized carbons (Fsp3) is 0.381. The van der Waals surface area contributed by atoms with E-state index < -0.39 is 5.41 Å². The molecule has 1 atom stereocenters. The van der Waals surface area contributed by atoms with Gasteiger partial charge in [-0.3, -0.25) is 0 Å². The first kappa shape index (κ1) is 18.2. The van der Waals surface area contributed by atoms with Crippen molar-refractivity contribution in [3.63, 3.8) is 0 Å². The van der Waals surface area contributed by atoms with Crippen LogP contribution >= 0.6 is 15.9 Å². The summed E-state index contributed by atoms with van der Waals surface area (Å²) >= 11 is 3.53. The molecule has 25 heavy (non-hydrogen) atoms. The predicted octanol–water partition coefficient (Wildman–Crippen LogP) is 5.32. The summed E-state index contributed by atoms with van der Waals surface area (Å²) in [6.07, 6.45) is 1.88. The van der Waals surface area contributed by atoms with Gasteiger partial charge in [-0.15, -0.1) is 0 Å². The maximum atomic E-state index is 9.82. The molecule has 1 N–H and O–H groups in total. The lowest BCUT2D eigenvalue weighted by molar-refractivity contribution is 0.0542. The lowest BCUT2D eigenvalue weighted by Gasteiger charge is -2.44. The van der Waals surface area contributed by atoms with Crippen molar-refractivity contribution >= 4 is 21.6 Å². The fourth-order valence-corrected chi connectivity index (χ4v) is 4.51. The van der Waals surface area contributed by atoms with Gasteiger partial charge in [0, 0.05) is 17.7 Å². The highest BCUT2D eigenvalue weighted by Gasteiger charge is 2.46. The Hall–Kier alpha value is -1.65. The first-order chi connectivity index (χ1) is 12.1. The van der Waals surface area contributed by atoms with E-state index in [-0.39, 0.29) is 0 Å². The standard InChI is InChI=1S/C21H24BrNO2/c1-15-5-3-4-6-20(15)21(16(2)23-24,18-11-13-25-14-12-18)17-7-9-19(22)10-8-17/h3-10,18,24H,11-14H2,1-2H3/b23-16-. The Morgan fingerprint density at radius 1 is 1.12 bits per heavy atom. The molecule has 1 saturated heterocycles. The zero-order chi connectivity index (χ0) is 17.9. The average Bonchev–Trinajstić information content (AvgIpc) is 2.65. The summed E-state index contributed by atoms with van der Waals surface area (Å²) in [6, 6.07) is 16.8. The first-order valence-corrected chi connectivity index (χ1v) is 9.49. The minimum Gasteiger partial charge on any atom is -0.411 e. The first-order valence-electron chi connectivity index (χ1n) is 8.69. The summed E-state index contributed by atoms with van der Waals surface area (Å²) in [5.74, 6) is 0.319. The molecule has 0 saturated carbocycles. The second kappa shape index (κ2) is 7.71. The Labute approximate surface area is 157 Å². The van der Waals surface area contributed by atoms with Crippen LogP contribution in [0.2, 0.25) is 0 Å². The molecule has 4 heteroatoms. The Balaban J connectivity index is 2.31. The number of benzene rings is 2. The molecule has 132 valence electrons. The molecule has 1 unspecified atom stereocenters. The van der Waals surface area contributed by atoms with Gasteiger partial charge < -0.3 is 9.94 Å². The van der Waals surface area contributed by atoms with Crippen LogP contribution in [0.3, 0.4) is 0 Å². The molecule has 1 fully saturated rings. The third-order valence-electron chi connectivity index (χ3n) is 5.42. The van der Waals surface area contributed by atoms with Crippen LogP contribution in [0.5, 0.6) is 0 Å². The maximum absolute atomic E-state index is 9.82. The zero-order valence-electron chi connectivity index (χ0n) is 14.7. The van der Waals surface area contributed by atoms with Crippen molar-refractivity contribution in [3.8, 4) is 0 Å². The summed E-state index contributed by atoms with van der Waals surface area (Å²) in [4.78, 5) is 0. The van der Waals surface area contributed by atoms with Crippen LogP contribution < -0.4 is 0 Å². The van der Waals surface area contributed by atoms with Gasteiger partial charge in [-0.2, -0.15) is 0 Å². The molecule has 0 bridgehead atoms. The van der Waals surface area contributed by atoms with Crippen molar-refractivity contribution in [2.24, 2.45) is 11.1 Å². The number of ether oxygens (including phenoxy) is 1. The van der Waals surface area contributed by atoms with Crippen LogP contribution in [0.25, 0.3) is 0 Å². The van der Waals surface area contributed by atoms with Gasteiger partial charge in [-0.25, -0.2) is 0 Å². The fourth-order valence-electron chi connectivity index (χ4n) is 4.25. The predicted molar refractivity (Wildman–Crippen MR) is 105 cm³/mol. The maximum Gasteiger partial charge on any atom is 0.0692 e.